The van der Waals surface area contributed by atoms with Gasteiger partial charge in [0, 0.05) is 75.3 Å². The average Bonchev–Trinajstić information content (AvgIpc) is 1.69. The Hall–Kier alpha value is -18.1. The predicted octanol–water partition coefficient (Wildman–Crippen LogP) is 37.9. The maximum absolute atomic E-state index is 6.26. The summed E-state index contributed by atoms with van der Waals surface area (Å²) in [5.74, 6) is 3.40. The lowest BCUT2D eigenvalue weighted by Gasteiger charge is -2.32. The summed E-state index contributed by atoms with van der Waals surface area (Å²) in [7, 11) is 0. The summed E-state index contributed by atoms with van der Waals surface area (Å²) in [6.07, 6.45) is 0. The van der Waals surface area contributed by atoms with Crippen LogP contribution in [0.3, 0.4) is 0 Å². The molecule has 0 saturated carbocycles. The Bertz CT molecular complexity index is 7810. The molecule has 0 bridgehead atoms. The van der Waals surface area contributed by atoms with Gasteiger partial charge >= 0.3 is 0 Å². The van der Waals surface area contributed by atoms with Crippen LogP contribution >= 0.6 is 23.5 Å². The number of benzene rings is 22. The molecule has 0 N–H and O–H groups in total. The molecule has 0 unspecified atom stereocenters. The Labute approximate surface area is 832 Å². The van der Waals surface area contributed by atoms with E-state index in [-0.39, 0.29) is 0 Å². The lowest BCUT2D eigenvalue weighted by Crippen LogP contribution is -2.15. The molecule has 4 aliphatic rings. The van der Waals surface area contributed by atoms with Gasteiger partial charge in [0.05, 0.1) is 67.6 Å². The summed E-state index contributed by atoms with van der Waals surface area (Å²) in [6, 6.07) is 188. The number of aromatic nitrogens is 2. The van der Waals surface area contributed by atoms with Crippen molar-refractivity contribution in [1.82, 2.24) is 9.13 Å². The van der Waals surface area contributed by atoms with Gasteiger partial charge in [-0.1, -0.05) is 327 Å². The van der Waals surface area contributed by atoms with Crippen LogP contribution in [0.5, 0.6) is 23.0 Å². The highest BCUT2D eigenvalue weighted by Crippen LogP contribution is 2.57. The van der Waals surface area contributed by atoms with E-state index in [1.807, 2.05) is 72.1 Å². The first kappa shape index (κ1) is 83.3. The molecule has 668 valence electrons. The van der Waals surface area contributed by atoms with Crippen LogP contribution < -0.4 is 29.1 Å². The molecule has 142 heavy (non-hydrogen) atoms. The second-order valence-corrected chi connectivity index (χ2v) is 38.4. The molecule has 0 amide bonds. The van der Waals surface area contributed by atoms with Crippen molar-refractivity contribution in [3.8, 4) is 123 Å². The molecule has 0 radical (unpaired) electrons. The van der Waals surface area contributed by atoms with Crippen molar-refractivity contribution in [3.05, 3.63) is 522 Å². The zero-order chi connectivity index (χ0) is 93.7. The van der Waals surface area contributed by atoms with Gasteiger partial charge in [0.1, 0.15) is 0 Å². The summed E-state index contributed by atoms with van der Waals surface area (Å²) < 4.78 is 17.3. The van der Waals surface area contributed by atoms with Crippen LogP contribution in [0.25, 0.3) is 144 Å². The Morgan fingerprint density at radius 2 is 0.303 bits per heavy atom. The molecule has 6 heterocycles. The quantitative estimate of drug-likeness (QED) is 0.107. The van der Waals surface area contributed by atoms with Crippen molar-refractivity contribution in [3.63, 3.8) is 0 Å². The SMILES string of the molecule is c1ccc(-n2c3ccc(-c4ccc(-c5ccc(N6c7ccccc7Oc7ccccc76)cc5)cc4)cc3c3cc(-c4ccc(-c5ccc(N6c7ccccc7Oc7ccccc76)cc5)cc4)ccc32)cc1.c1ccc(-n2c3ccc(-c4ccc(-c5ccc(N6c7ccccc7Sc7ccccc76)cc5)cc4)cc3c3cc(-c4ccc(-c5ccc(N6c7ccccc7Sc7ccccc76)cc5)cc4)ccc32)cc1. The van der Waals surface area contributed by atoms with Gasteiger partial charge < -0.3 is 38.2 Å². The molecule has 0 saturated heterocycles. The van der Waals surface area contributed by atoms with Gasteiger partial charge in [-0.05, 0) is 307 Å². The van der Waals surface area contributed by atoms with E-state index in [4.69, 9.17) is 9.47 Å². The minimum absolute atomic E-state index is 0.849. The number of hydrogen-bond acceptors (Lipinski definition) is 8. The van der Waals surface area contributed by atoms with Crippen LogP contribution in [0, 0.1) is 0 Å². The zero-order valence-corrected chi connectivity index (χ0v) is 78.6. The molecule has 10 heteroatoms. The average molecular weight is 1850 g/mol. The molecule has 0 aliphatic carbocycles. The van der Waals surface area contributed by atoms with Gasteiger partial charge in [0.25, 0.3) is 0 Å². The van der Waals surface area contributed by atoms with E-state index >= 15 is 0 Å². The highest BCUT2D eigenvalue weighted by molar-refractivity contribution is 8.00. The summed E-state index contributed by atoms with van der Waals surface area (Å²) in [5.41, 5.74) is 39.4. The molecule has 8 nitrogen and oxygen atoms in total. The van der Waals surface area contributed by atoms with E-state index in [0.717, 1.165) is 91.0 Å². The highest BCUT2D eigenvalue weighted by Gasteiger charge is 2.31. The van der Waals surface area contributed by atoms with E-state index in [9.17, 15) is 0 Å². The maximum atomic E-state index is 6.26. The van der Waals surface area contributed by atoms with Crippen LogP contribution in [0.1, 0.15) is 0 Å². The lowest BCUT2D eigenvalue weighted by atomic mass is 9.97. The van der Waals surface area contributed by atoms with Crippen LogP contribution in [0.2, 0.25) is 0 Å². The Kier molecular flexibility index (Phi) is 20.6. The number of para-hydroxylation sites is 14. The molecule has 22 aromatic carbocycles. The maximum Gasteiger partial charge on any atom is 0.151 e. The minimum Gasteiger partial charge on any atom is -0.453 e. The Morgan fingerprint density at radius 1 is 0.134 bits per heavy atom. The molecule has 4 aliphatic heterocycles. The topological polar surface area (TPSA) is 41.3 Å². The van der Waals surface area contributed by atoms with Crippen molar-refractivity contribution in [2.75, 3.05) is 19.6 Å². The normalized spacial score (nSPS) is 12.5. The van der Waals surface area contributed by atoms with E-state index < -0.39 is 0 Å². The third kappa shape index (κ3) is 14.9. The second-order valence-electron chi connectivity index (χ2n) is 36.3. The first-order valence-corrected chi connectivity index (χ1v) is 49.8. The molecule has 24 aromatic rings. The van der Waals surface area contributed by atoms with Crippen LogP contribution in [-0.2, 0) is 0 Å². The molecular formula is C132H86N6O2S2. The van der Waals surface area contributed by atoms with E-state index in [1.54, 1.807) is 0 Å². The van der Waals surface area contributed by atoms with Crippen molar-refractivity contribution in [2.45, 2.75) is 19.6 Å². The fraction of sp³-hybridized carbons (Fsp3) is 0. The van der Waals surface area contributed by atoms with Gasteiger partial charge in [-0.3, -0.25) is 0 Å². The number of ether oxygens (including phenoxy) is 2. The lowest BCUT2D eigenvalue weighted by molar-refractivity contribution is 0.477. The molecule has 0 fully saturated rings. The number of anilines is 12. The number of hydrogen-bond donors (Lipinski definition) is 0. The fourth-order valence-corrected chi connectivity index (χ4v) is 23.2. The summed E-state index contributed by atoms with van der Waals surface area (Å²) in [6.45, 7) is 0. The van der Waals surface area contributed by atoms with Gasteiger partial charge in [0.2, 0.25) is 0 Å². The molecule has 2 aromatic heterocycles. The van der Waals surface area contributed by atoms with Crippen LogP contribution in [0.4, 0.5) is 68.2 Å². The van der Waals surface area contributed by atoms with Crippen molar-refractivity contribution in [1.29, 1.82) is 0 Å². The summed E-state index contributed by atoms with van der Waals surface area (Å²) in [5, 5.41) is 4.90. The molecular weight excluding hydrogens is 1770 g/mol. The summed E-state index contributed by atoms with van der Waals surface area (Å²) >= 11 is 3.67. The zero-order valence-electron chi connectivity index (χ0n) is 77.0. The largest absolute Gasteiger partial charge is 0.453 e. The number of nitrogens with zero attached hydrogens (tertiary/aromatic N) is 6. The van der Waals surface area contributed by atoms with Crippen LogP contribution in [0.15, 0.2) is 541 Å². The standard InChI is InChI=1S/C66H43N3O2.C66H43N3S2/c2*1-2-12-52(13-3-1)67-57-40-34-50(48-26-22-44(23-27-48)46-30-36-53(37-31-46)68-59-14-4-8-18-63(59)70-64-19-9-5-15-60(64)68)42-55(57)56-43-51(35-41-58(56)67)49-28-24-45(25-29-49)47-32-38-54(39-33-47)69-61-16-6-10-20-65(61)71-66-21-11-7-17-62(66)69/h2*1-43H. The van der Waals surface area contributed by atoms with E-state index in [1.165, 1.54) is 164 Å². The van der Waals surface area contributed by atoms with Gasteiger partial charge in [-0.25, -0.2) is 0 Å². The number of fused-ring (bicyclic) bond motifs is 14. The molecule has 0 atom stereocenters. The third-order valence-electron chi connectivity index (χ3n) is 28.0. The van der Waals surface area contributed by atoms with Crippen LogP contribution in [-0.4, -0.2) is 9.13 Å². The first-order chi connectivity index (χ1) is 70.4. The number of rotatable bonds is 14. The third-order valence-corrected chi connectivity index (χ3v) is 30.3. The molecule has 28 rings (SSSR count). The first-order valence-electron chi connectivity index (χ1n) is 48.1. The summed E-state index contributed by atoms with van der Waals surface area (Å²) in [4.78, 5) is 14.4. The predicted molar refractivity (Wildman–Crippen MR) is 592 cm³/mol. The van der Waals surface area contributed by atoms with Gasteiger partial charge in [-0.15, -0.1) is 0 Å². The van der Waals surface area contributed by atoms with Crippen molar-refractivity contribution < 1.29 is 9.47 Å². The Balaban J connectivity index is 0.000000142. The highest BCUT2D eigenvalue weighted by atomic mass is 32.2. The second kappa shape index (κ2) is 35.2. The van der Waals surface area contributed by atoms with E-state index in [0.29, 0.717) is 0 Å². The van der Waals surface area contributed by atoms with E-state index in [2.05, 4.69) is 502 Å². The van der Waals surface area contributed by atoms with Gasteiger partial charge in [-0.2, -0.15) is 0 Å². The fourth-order valence-electron chi connectivity index (χ4n) is 21.0. The Morgan fingerprint density at radius 3 is 0.528 bits per heavy atom. The van der Waals surface area contributed by atoms with Crippen molar-refractivity contribution in [2.24, 2.45) is 0 Å². The van der Waals surface area contributed by atoms with Crippen molar-refractivity contribution >= 4 is 135 Å². The monoisotopic (exact) mass is 1850 g/mol. The molecule has 0 spiro atoms. The minimum atomic E-state index is 0.849. The van der Waals surface area contributed by atoms with Gasteiger partial charge in [0.15, 0.2) is 23.0 Å². The smallest absolute Gasteiger partial charge is 0.151 e.